The first-order valence-corrected chi connectivity index (χ1v) is 5.43. The van der Waals surface area contributed by atoms with Crippen LogP contribution in [-0.2, 0) is 11.2 Å². The van der Waals surface area contributed by atoms with Crippen LogP contribution in [0.15, 0.2) is 30.9 Å². The van der Waals surface area contributed by atoms with Crippen molar-refractivity contribution in [3.8, 4) is 5.75 Å². The molecule has 0 aromatic heterocycles. The summed E-state index contributed by atoms with van der Waals surface area (Å²) in [5.41, 5.74) is 6.19. The summed E-state index contributed by atoms with van der Waals surface area (Å²) in [6.45, 7) is 3.90. The molecule has 0 aliphatic heterocycles. The number of rotatable bonds is 6. The van der Waals surface area contributed by atoms with Gasteiger partial charge in [0.1, 0.15) is 18.4 Å². The summed E-state index contributed by atoms with van der Waals surface area (Å²) in [5, 5.41) is 9.12. The highest BCUT2D eigenvalue weighted by Crippen LogP contribution is 2.25. The van der Waals surface area contributed by atoms with Gasteiger partial charge in [0, 0.05) is 0 Å². The predicted octanol–water partition coefficient (Wildman–Crippen LogP) is 1.86. The van der Waals surface area contributed by atoms with Crippen LogP contribution in [0.4, 0.5) is 0 Å². The van der Waals surface area contributed by atoms with Crippen LogP contribution in [0.3, 0.4) is 0 Å². The number of hydrogen-bond acceptors (Lipinski definition) is 3. The maximum absolute atomic E-state index is 10.6. The number of benzene rings is 1. The van der Waals surface area contributed by atoms with Gasteiger partial charge in [-0.2, -0.15) is 0 Å². The fourth-order valence-corrected chi connectivity index (χ4v) is 1.54. The van der Waals surface area contributed by atoms with Gasteiger partial charge in [0.25, 0.3) is 0 Å². The maximum Gasteiger partial charge on any atom is 0.320 e. The van der Waals surface area contributed by atoms with Gasteiger partial charge in [0.2, 0.25) is 0 Å². The third-order valence-electron chi connectivity index (χ3n) is 2.13. The fourth-order valence-electron chi connectivity index (χ4n) is 1.28. The minimum atomic E-state index is -1.03. The Morgan fingerprint density at radius 3 is 2.88 bits per heavy atom. The van der Waals surface area contributed by atoms with Crippen molar-refractivity contribution in [3.05, 3.63) is 41.4 Å². The summed E-state index contributed by atoms with van der Waals surface area (Å²) in [6.07, 6.45) is 1.85. The van der Waals surface area contributed by atoms with Gasteiger partial charge in [-0.25, -0.2) is 0 Å². The van der Waals surface area contributed by atoms with E-state index in [-0.39, 0.29) is 6.42 Å². The van der Waals surface area contributed by atoms with Gasteiger partial charge in [-0.1, -0.05) is 30.3 Å². The molecule has 0 spiro atoms. The van der Waals surface area contributed by atoms with Crippen LogP contribution in [0.1, 0.15) is 5.56 Å². The summed E-state index contributed by atoms with van der Waals surface area (Å²) in [5.74, 6) is -0.493. The number of carbonyl (C=O) groups is 1. The second-order valence-electron chi connectivity index (χ2n) is 3.51. The van der Waals surface area contributed by atoms with Gasteiger partial charge in [-0.05, 0) is 24.1 Å². The molecule has 0 amide bonds. The molecule has 5 heteroatoms. The lowest BCUT2D eigenvalue weighted by Crippen LogP contribution is -2.32. The monoisotopic (exact) mass is 255 g/mol. The van der Waals surface area contributed by atoms with Crippen LogP contribution in [0, 0.1) is 0 Å². The molecule has 0 fully saturated rings. The van der Waals surface area contributed by atoms with Crippen molar-refractivity contribution in [2.75, 3.05) is 6.61 Å². The van der Waals surface area contributed by atoms with Crippen molar-refractivity contribution < 1.29 is 14.6 Å². The van der Waals surface area contributed by atoms with E-state index in [0.29, 0.717) is 17.4 Å². The first-order chi connectivity index (χ1) is 8.04. The van der Waals surface area contributed by atoms with Gasteiger partial charge in [-0.3, -0.25) is 4.79 Å². The molecular formula is C12H14ClNO3. The summed E-state index contributed by atoms with van der Waals surface area (Å²) >= 11 is 5.98. The summed E-state index contributed by atoms with van der Waals surface area (Å²) in [7, 11) is 0. The molecule has 3 N–H and O–H groups in total. The van der Waals surface area contributed by atoms with Crippen LogP contribution in [0.5, 0.6) is 5.75 Å². The third kappa shape index (κ3) is 4.09. The molecule has 1 atom stereocenters. The molecule has 1 rings (SSSR count). The van der Waals surface area contributed by atoms with E-state index in [2.05, 4.69) is 6.58 Å². The van der Waals surface area contributed by atoms with Gasteiger partial charge in [0.05, 0.1) is 5.02 Å². The van der Waals surface area contributed by atoms with Gasteiger partial charge in [0.15, 0.2) is 0 Å². The van der Waals surface area contributed by atoms with E-state index in [9.17, 15) is 4.79 Å². The molecule has 4 nitrogen and oxygen atoms in total. The van der Waals surface area contributed by atoms with E-state index in [0.717, 1.165) is 5.56 Å². The van der Waals surface area contributed by atoms with E-state index >= 15 is 0 Å². The number of aliphatic carboxylic acids is 1. The Morgan fingerprint density at radius 2 is 2.35 bits per heavy atom. The Balaban J connectivity index is 2.74. The van der Waals surface area contributed by atoms with E-state index in [1.54, 1.807) is 24.3 Å². The minimum absolute atomic E-state index is 0.233. The smallest absolute Gasteiger partial charge is 0.320 e. The highest BCUT2D eigenvalue weighted by molar-refractivity contribution is 6.32. The topological polar surface area (TPSA) is 72.5 Å². The normalized spacial score (nSPS) is 11.9. The van der Waals surface area contributed by atoms with Gasteiger partial charge < -0.3 is 15.6 Å². The Hall–Kier alpha value is -1.52. The highest BCUT2D eigenvalue weighted by atomic mass is 35.5. The first kappa shape index (κ1) is 13.5. The molecule has 1 aromatic carbocycles. The van der Waals surface area contributed by atoms with E-state index in [1.165, 1.54) is 0 Å². The second-order valence-corrected chi connectivity index (χ2v) is 3.92. The van der Waals surface area contributed by atoms with Gasteiger partial charge >= 0.3 is 5.97 Å². The average Bonchev–Trinajstić information content (AvgIpc) is 2.28. The molecule has 0 aliphatic rings. The molecule has 0 unspecified atom stereocenters. The molecule has 0 radical (unpaired) electrons. The van der Waals surface area contributed by atoms with Crippen molar-refractivity contribution in [1.29, 1.82) is 0 Å². The summed E-state index contributed by atoms with van der Waals surface area (Å²) < 4.78 is 5.30. The van der Waals surface area contributed by atoms with Crippen LogP contribution in [0.25, 0.3) is 0 Å². The Kier molecular flexibility index (Phi) is 5.00. The Bertz CT molecular complexity index is 420. The van der Waals surface area contributed by atoms with Gasteiger partial charge in [-0.15, -0.1) is 0 Å². The zero-order chi connectivity index (χ0) is 12.8. The van der Waals surface area contributed by atoms with Crippen molar-refractivity contribution >= 4 is 17.6 Å². The fraction of sp³-hybridized carbons (Fsp3) is 0.250. The maximum atomic E-state index is 10.6. The molecule has 0 heterocycles. The first-order valence-electron chi connectivity index (χ1n) is 5.05. The molecule has 0 saturated heterocycles. The average molecular weight is 256 g/mol. The largest absolute Gasteiger partial charge is 0.488 e. The number of hydrogen-bond donors (Lipinski definition) is 2. The number of halogens is 1. The Labute approximate surface area is 105 Å². The lowest BCUT2D eigenvalue weighted by atomic mass is 10.1. The molecule has 17 heavy (non-hydrogen) atoms. The number of carboxylic acid groups (broad SMARTS) is 1. The SMILES string of the molecule is C=CCOc1ccc(C[C@H](N)C(=O)O)cc1Cl. The van der Waals surface area contributed by atoms with Crippen LogP contribution in [-0.4, -0.2) is 23.7 Å². The molecule has 0 aliphatic carbocycles. The van der Waals surface area contributed by atoms with E-state index in [4.69, 9.17) is 27.2 Å². The standard InChI is InChI=1S/C12H14ClNO3/c1-2-5-17-11-4-3-8(6-9(11)13)7-10(14)12(15)16/h2-4,6,10H,1,5,7,14H2,(H,15,16)/t10-/m0/s1. The number of nitrogens with two attached hydrogens (primary N) is 1. The van der Waals surface area contributed by atoms with Crippen LogP contribution >= 0.6 is 11.6 Å². The second kappa shape index (κ2) is 6.27. The van der Waals surface area contributed by atoms with Crippen molar-refractivity contribution in [3.63, 3.8) is 0 Å². The molecular weight excluding hydrogens is 242 g/mol. The lowest BCUT2D eigenvalue weighted by Gasteiger charge is -2.09. The van der Waals surface area contributed by atoms with E-state index in [1.807, 2.05) is 0 Å². The van der Waals surface area contributed by atoms with Crippen LogP contribution in [0.2, 0.25) is 5.02 Å². The molecule has 0 saturated carbocycles. The minimum Gasteiger partial charge on any atom is -0.488 e. The number of carboxylic acids is 1. The van der Waals surface area contributed by atoms with Crippen molar-refractivity contribution in [1.82, 2.24) is 0 Å². The summed E-state index contributed by atoms with van der Waals surface area (Å²) in [6, 6.07) is 4.16. The highest BCUT2D eigenvalue weighted by Gasteiger charge is 2.13. The van der Waals surface area contributed by atoms with Crippen LogP contribution < -0.4 is 10.5 Å². The molecule has 0 bridgehead atoms. The van der Waals surface area contributed by atoms with Crippen molar-refractivity contribution in [2.24, 2.45) is 5.73 Å². The summed E-state index contributed by atoms with van der Waals surface area (Å²) in [4.78, 5) is 10.6. The predicted molar refractivity (Wildman–Crippen MR) is 66.5 cm³/mol. The third-order valence-corrected chi connectivity index (χ3v) is 2.42. The number of ether oxygens (including phenoxy) is 1. The quantitative estimate of drug-likeness (QED) is 0.761. The molecule has 92 valence electrons. The zero-order valence-electron chi connectivity index (χ0n) is 9.23. The van der Waals surface area contributed by atoms with Crippen molar-refractivity contribution in [2.45, 2.75) is 12.5 Å². The zero-order valence-corrected chi connectivity index (χ0v) is 9.98. The Morgan fingerprint density at radius 1 is 1.65 bits per heavy atom. The molecule has 1 aromatic rings. The lowest BCUT2D eigenvalue weighted by molar-refractivity contribution is -0.138. The van der Waals surface area contributed by atoms with E-state index < -0.39 is 12.0 Å².